The fourth-order valence-electron chi connectivity index (χ4n) is 1.68. The third kappa shape index (κ3) is 9.61. The van der Waals surface area contributed by atoms with Gasteiger partial charge in [-0.05, 0) is 26.7 Å². The molecule has 0 saturated heterocycles. The Morgan fingerprint density at radius 1 is 1.25 bits per heavy atom. The van der Waals surface area contributed by atoms with E-state index in [0.29, 0.717) is 26.1 Å². The maximum Gasteiger partial charge on any atom is 0.317 e. The van der Waals surface area contributed by atoms with Crippen LogP contribution in [0.1, 0.15) is 46.5 Å². The molecule has 118 valence electrons. The number of carboxylic acids is 1. The summed E-state index contributed by atoms with van der Waals surface area (Å²) in [5, 5.41) is 11.4. The van der Waals surface area contributed by atoms with Gasteiger partial charge in [0.25, 0.3) is 0 Å². The number of hydrogen-bond donors (Lipinski definition) is 2. The molecule has 0 spiro atoms. The smallest absolute Gasteiger partial charge is 0.317 e. The first-order valence-electron chi connectivity index (χ1n) is 7.33. The topological polar surface area (TPSA) is 78.9 Å². The normalized spacial score (nSPS) is 10.6. The van der Waals surface area contributed by atoms with Crippen molar-refractivity contribution < 1.29 is 19.4 Å². The van der Waals surface area contributed by atoms with Crippen molar-refractivity contribution in [1.82, 2.24) is 10.2 Å². The monoisotopic (exact) mass is 288 g/mol. The highest BCUT2D eigenvalue weighted by molar-refractivity contribution is 5.74. The molecule has 0 aromatic rings. The average Bonchev–Trinajstić information content (AvgIpc) is 2.37. The van der Waals surface area contributed by atoms with Crippen LogP contribution in [0.3, 0.4) is 0 Å². The van der Waals surface area contributed by atoms with Gasteiger partial charge in [-0.2, -0.15) is 0 Å². The van der Waals surface area contributed by atoms with Gasteiger partial charge in [0.05, 0.1) is 6.61 Å². The second-order valence-corrected chi connectivity index (χ2v) is 4.98. The van der Waals surface area contributed by atoms with Crippen molar-refractivity contribution in [1.29, 1.82) is 0 Å². The van der Waals surface area contributed by atoms with E-state index >= 15 is 0 Å². The van der Waals surface area contributed by atoms with Crippen LogP contribution in [-0.4, -0.2) is 54.4 Å². The Morgan fingerprint density at radius 3 is 2.50 bits per heavy atom. The fraction of sp³-hybridized carbons (Fsp3) is 0.857. The number of nitrogens with one attached hydrogen (secondary N) is 1. The molecular weight excluding hydrogens is 260 g/mol. The first kappa shape index (κ1) is 18.7. The molecule has 0 fully saturated rings. The molecular formula is C14H28N2O4. The number of nitrogens with zero attached hydrogens (tertiary/aromatic N) is 1. The average molecular weight is 288 g/mol. The number of aliphatic carboxylic acids is 1. The molecule has 0 aromatic heterocycles. The summed E-state index contributed by atoms with van der Waals surface area (Å²) in [7, 11) is 0. The summed E-state index contributed by atoms with van der Waals surface area (Å²) in [4.78, 5) is 24.1. The molecule has 2 amide bonds. The zero-order valence-corrected chi connectivity index (χ0v) is 12.9. The Kier molecular flexibility index (Phi) is 10.8. The summed E-state index contributed by atoms with van der Waals surface area (Å²) in [6.45, 7) is 8.09. The number of unbranched alkanes of at least 4 members (excludes halogenated alkanes) is 1. The van der Waals surface area contributed by atoms with Crippen LogP contribution in [0.15, 0.2) is 0 Å². The predicted molar refractivity (Wildman–Crippen MR) is 77.8 cm³/mol. The molecule has 0 aliphatic rings. The number of carboxylic acid groups (broad SMARTS) is 1. The van der Waals surface area contributed by atoms with E-state index in [1.807, 2.05) is 13.8 Å². The van der Waals surface area contributed by atoms with Gasteiger partial charge in [0.2, 0.25) is 0 Å². The Hall–Kier alpha value is -1.30. The zero-order valence-electron chi connectivity index (χ0n) is 12.9. The van der Waals surface area contributed by atoms with Crippen LogP contribution in [0, 0.1) is 0 Å². The van der Waals surface area contributed by atoms with Crippen molar-refractivity contribution in [3.63, 3.8) is 0 Å². The van der Waals surface area contributed by atoms with Gasteiger partial charge in [0.15, 0.2) is 0 Å². The number of carbonyl (C=O) groups excluding carboxylic acids is 1. The second kappa shape index (κ2) is 11.5. The summed E-state index contributed by atoms with van der Waals surface area (Å²) >= 11 is 0. The van der Waals surface area contributed by atoms with Gasteiger partial charge in [-0.1, -0.05) is 13.3 Å². The van der Waals surface area contributed by atoms with E-state index in [0.717, 1.165) is 19.4 Å². The molecule has 0 rings (SSSR count). The Morgan fingerprint density at radius 2 is 1.95 bits per heavy atom. The van der Waals surface area contributed by atoms with Crippen LogP contribution in [0.25, 0.3) is 0 Å². The molecule has 0 bridgehead atoms. The van der Waals surface area contributed by atoms with Gasteiger partial charge >= 0.3 is 12.0 Å². The van der Waals surface area contributed by atoms with E-state index in [9.17, 15) is 9.59 Å². The lowest BCUT2D eigenvalue weighted by Crippen LogP contribution is -2.45. The highest BCUT2D eigenvalue weighted by Gasteiger charge is 2.16. The molecule has 0 aromatic carbocycles. The Balaban J connectivity index is 3.88. The summed E-state index contributed by atoms with van der Waals surface area (Å²) in [5.74, 6) is -0.835. The lowest BCUT2D eigenvalue weighted by Gasteiger charge is -2.26. The fourth-order valence-corrected chi connectivity index (χ4v) is 1.68. The number of carbonyl (C=O) groups is 2. The standard InChI is InChI=1S/C14H28N2O4/c1-4-5-10-20-11-8-15-14(19)16(12(2)3)9-6-7-13(17)18/h12H,4-11H2,1-3H3,(H,15,19)(H,17,18). The van der Waals surface area contributed by atoms with E-state index in [2.05, 4.69) is 12.2 Å². The largest absolute Gasteiger partial charge is 0.481 e. The van der Waals surface area contributed by atoms with E-state index in [4.69, 9.17) is 9.84 Å². The minimum Gasteiger partial charge on any atom is -0.481 e. The first-order chi connectivity index (χ1) is 9.49. The van der Waals surface area contributed by atoms with Crippen molar-refractivity contribution in [3.05, 3.63) is 0 Å². The van der Waals surface area contributed by atoms with Crippen LogP contribution >= 0.6 is 0 Å². The molecule has 6 nitrogen and oxygen atoms in total. The summed E-state index contributed by atoms with van der Waals surface area (Å²) in [5.41, 5.74) is 0. The summed E-state index contributed by atoms with van der Waals surface area (Å²) in [6, 6.07) is -0.116. The molecule has 0 aliphatic carbocycles. The maximum absolute atomic E-state index is 12.0. The lowest BCUT2D eigenvalue weighted by molar-refractivity contribution is -0.137. The SMILES string of the molecule is CCCCOCCNC(=O)N(CCCC(=O)O)C(C)C. The van der Waals surface area contributed by atoms with E-state index < -0.39 is 5.97 Å². The van der Waals surface area contributed by atoms with E-state index in [1.165, 1.54) is 0 Å². The predicted octanol–water partition coefficient (Wildman–Crippen LogP) is 2.09. The van der Waals surface area contributed by atoms with E-state index in [-0.39, 0.29) is 18.5 Å². The second-order valence-electron chi connectivity index (χ2n) is 4.98. The number of amides is 2. The molecule has 0 saturated carbocycles. The minimum atomic E-state index is -0.835. The van der Waals surface area contributed by atoms with Crippen LogP contribution < -0.4 is 5.32 Å². The highest BCUT2D eigenvalue weighted by Crippen LogP contribution is 2.02. The number of rotatable bonds is 11. The molecule has 2 N–H and O–H groups in total. The van der Waals surface area contributed by atoms with Gasteiger partial charge < -0.3 is 20.1 Å². The Bertz CT molecular complexity index is 282. The van der Waals surface area contributed by atoms with Crippen LogP contribution in [0.5, 0.6) is 0 Å². The molecule has 0 atom stereocenters. The van der Waals surface area contributed by atoms with Crippen molar-refractivity contribution >= 4 is 12.0 Å². The molecule has 20 heavy (non-hydrogen) atoms. The number of hydrogen-bond acceptors (Lipinski definition) is 3. The highest BCUT2D eigenvalue weighted by atomic mass is 16.5. The molecule has 0 heterocycles. The summed E-state index contributed by atoms with van der Waals surface area (Å²) in [6.07, 6.45) is 2.67. The lowest BCUT2D eigenvalue weighted by atomic mass is 10.2. The summed E-state index contributed by atoms with van der Waals surface area (Å²) < 4.78 is 5.37. The van der Waals surface area contributed by atoms with Gasteiger partial charge in [0.1, 0.15) is 0 Å². The minimum absolute atomic E-state index is 0.0461. The quantitative estimate of drug-likeness (QED) is 0.571. The molecule has 0 unspecified atom stereocenters. The van der Waals surface area contributed by atoms with Gasteiger partial charge in [-0.25, -0.2) is 4.79 Å². The first-order valence-corrected chi connectivity index (χ1v) is 7.33. The molecule has 0 radical (unpaired) electrons. The van der Waals surface area contributed by atoms with Gasteiger partial charge in [-0.15, -0.1) is 0 Å². The number of ether oxygens (including phenoxy) is 1. The van der Waals surface area contributed by atoms with Crippen molar-refractivity contribution in [3.8, 4) is 0 Å². The third-order valence-corrected chi connectivity index (χ3v) is 2.84. The van der Waals surface area contributed by atoms with E-state index in [1.54, 1.807) is 4.90 Å². The van der Waals surface area contributed by atoms with Crippen molar-refractivity contribution in [2.45, 2.75) is 52.5 Å². The van der Waals surface area contributed by atoms with Crippen LogP contribution in [-0.2, 0) is 9.53 Å². The van der Waals surface area contributed by atoms with Crippen LogP contribution in [0.2, 0.25) is 0 Å². The number of urea groups is 1. The maximum atomic E-state index is 12.0. The van der Waals surface area contributed by atoms with Gasteiger partial charge in [-0.3, -0.25) is 4.79 Å². The molecule has 0 aliphatic heterocycles. The Labute approximate surface area is 121 Å². The van der Waals surface area contributed by atoms with Crippen LogP contribution in [0.4, 0.5) is 4.79 Å². The zero-order chi connectivity index (χ0) is 15.4. The molecule has 6 heteroatoms. The van der Waals surface area contributed by atoms with Gasteiger partial charge in [0, 0.05) is 32.2 Å². The third-order valence-electron chi connectivity index (χ3n) is 2.84. The van der Waals surface area contributed by atoms with Crippen molar-refractivity contribution in [2.75, 3.05) is 26.3 Å². The van der Waals surface area contributed by atoms with Crippen molar-refractivity contribution in [2.24, 2.45) is 0 Å².